The minimum Gasteiger partial charge on any atom is -0.469 e. The highest BCUT2D eigenvalue weighted by atomic mass is 19.4. The Morgan fingerprint density at radius 3 is 2.33 bits per heavy atom. The van der Waals surface area contributed by atoms with Crippen molar-refractivity contribution in [2.75, 3.05) is 7.11 Å². The smallest absolute Gasteiger partial charge is 0.469 e. The minimum atomic E-state index is -4.94. The maximum absolute atomic E-state index is 12.7. The van der Waals surface area contributed by atoms with Gasteiger partial charge in [-0.2, -0.15) is 0 Å². The lowest BCUT2D eigenvalue weighted by molar-refractivity contribution is -0.141. The number of hydrogen-bond donors (Lipinski definition) is 0. The molecule has 0 saturated heterocycles. The standard InChI is InChI=1S/C9H15BF3O2/c1-15-9(14)6-8(10(11,12)13)7-4-2-3-5-7/h7-8H,2-6H2,1H3/q-1. The van der Waals surface area contributed by atoms with E-state index < -0.39 is 25.2 Å². The van der Waals surface area contributed by atoms with Gasteiger partial charge in [0.05, 0.1) is 7.11 Å². The Balaban J connectivity index is 2.64. The van der Waals surface area contributed by atoms with Crippen molar-refractivity contribution in [1.29, 1.82) is 0 Å². The van der Waals surface area contributed by atoms with E-state index in [4.69, 9.17) is 0 Å². The highest BCUT2D eigenvalue weighted by Crippen LogP contribution is 2.44. The number of carbonyl (C=O) groups is 1. The lowest BCUT2D eigenvalue weighted by Gasteiger charge is -2.31. The first-order valence-electron chi connectivity index (χ1n) is 5.22. The maximum atomic E-state index is 12.7. The van der Waals surface area contributed by atoms with Crippen LogP contribution in [-0.4, -0.2) is 20.1 Å². The Bertz CT molecular complexity index is 224. The highest BCUT2D eigenvalue weighted by molar-refractivity contribution is 6.60. The SMILES string of the molecule is COC(=O)CC(C1CCCC1)[B-](F)(F)F. The van der Waals surface area contributed by atoms with Crippen molar-refractivity contribution in [3.8, 4) is 0 Å². The number of hydrogen-bond acceptors (Lipinski definition) is 2. The Morgan fingerprint density at radius 2 is 1.93 bits per heavy atom. The Labute approximate surface area is 87.2 Å². The maximum Gasteiger partial charge on any atom is 0.482 e. The van der Waals surface area contributed by atoms with Crippen LogP contribution in [0, 0.1) is 5.92 Å². The van der Waals surface area contributed by atoms with E-state index in [1.54, 1.807) is 0 Å². The van der Waals surface area contributed by atoms with E-state index in [1.807, 2.05) is 0 Å². The molecule has 0 bridgehead atoms. The van der Waals surface area contributed by atoms with Gasteiger partial charge in [-0.15, -0.1) is 0 Å². The molecule has 0 spiro atoms. The first-order chi connectivity index (χ1) is 6.95. The summed E-state index contributed by atoms with van der Waals surface area (Å²) in [5.74, 6) is -2.59. The summed E-state index contributed by atoms with van der Waals surface area (Å²) in [6.45, 7) is -4.94. The second-order valence-electron chi connectivity index (χ2n) is 4.11. The van der Waals surface area contributed by atoms with Gasteiger partial charge in [0.2, 0.25) is 0 Å². The van der Waals surface area contributed by atoms with Crippen LogP contribution in [0.1, 0.15) is 32.1 Å². The first kappa shape index (κ1) is 12.4. The molecule has 1 fully saturated rings. The fourth-order valence-electron chi connectivity index (χ4n) is 2.27. The van der Waals surface area contributed by atoms with Gasteiger partial charge in [0.1, 0.15) is 0 Å². The Morgan fingerprint density at radius 1 is 1.40 bits per heavy atom. The van der Waals surface area contributed by atoms with E-state index >= 15 is 0 Å². The molecule has 1 saturated carbocycles. The van der Waals surface area contributed by atoms with Crippen LogP contribution in [0.3, 0.4) is 0 Å². The topological polar surface area (TPSA) is 26.3 Å². The minimum absolute atomic E-state index is 0.371. The molecule has 2 nitrogen and oxygen atoms in total. The van der Waals surface area contributed by atoms with Gasteiger partial charge in [0.15, 0.2) is 0 Å². The third kappa shape index (κ3) is 3.43. The van der Waals surface area contributed by atoms with E-state index in [9.17, 15) is 17.7 Å². The largest absolute Gasteiger partial charge is 0.482 e. The van der Waals surface area contributed by atoms with Crippen LogP contribution in [0.15, 0.2) is 0 Å². The van der Waals surface area contributed by atoms with Crippen LogP contribution in [0.5, 0.6) is 0 Å². The Kier molecular flexibility index (Phi) is 4.05. The molecule has 0 amide bonds. The molecule has 0 radical (unpaired) electrons. The van der Waals surface area contributed by atoms with Gasteiger partial charge in [-0.3, -0.25) is 4.79 Å². The second-order valence-corrected chi connectivity index (χ2v) is 4.11. The van der Waals surface area contributed by atoms with Crippen molar-refractivity contribution >= 4 is 12.9 Å². The number of methoxy groups -OCH3 is 1. The molecule has 15 heavy (non-hydrogen) atoms. The predicted molar refractivity (Wildman–Crippen MR) is 51.4 cm³/mol. The average molecular weight is 223 g/mol. The molecular weight excluding hydrogens is 208 g/mol. The molecule has 1 aliphatic rings. The van der Waals surface area contributed by atoms with Gasteiger partial charge in [0.25, 0.3) is 0 Å². The third-order valence-corrected chi connectivity index (χ3v) is 3.12. The summed E-state index contributed by atoms with van der Waals surface area (Å²) in [5, 5.41) is 0. The number of esters is 1. The number of carbonyl (C=O) groups excluding carboxylic acids is 1. The van der Waals surface area contributed by atoms with Crippen LogP contribution in [0.4, 0.5) is 12.9 Å². The van der Waals surface area contributed by atoms with Crippen molar-refractivity contribution in [3.05, 3.63) is 0 Å². The van der Waals surface area contributed by atoms with Gasteiger partial charge >= 0.3 is 12.9 Å². The first-order valence-corrected chi connectivity index (χ1v) is 5.22. The van der Waals surface area contributed by atoms with E-state index in [0.717, 1.165) is 20.0 Å². The number of ether oxygens (including phenoxy) is 1. The van der Waals surface area contributed by atoms with Crippen molar-refractivity contribution in [3.63, 3.8) is 0 Å². The van der Waals surface area contributed by atoms with E-state index in [0.29, 0.717) is 12.8 Å². The predicted octanol–water partition coefficient (Wildman–Crippen LogP) is 2.96. The number of rotatable bonds is 4. The van der Waals surface area contributed by atoms with E-state index in [1.165, 1.54) is 0 Å². The van der Waals surface area contributed by atoms with Crippen LogP contribution in [0.25, 0.3) is 0 Å². The van der Waals surface area contributed by atoms with E-state index in [-0.39, 0.29) is 5.92 Å². The van der Waals surface area contributed by atoms with Gasteiger partial charge in [0, 0.05) is 6.42 Å². The zero-order valence-corrected chi connectivity index (χ0v) is 8.72. The monoisotopic (exact) mass is 223 g/mol. The molecule has 0 aliphatic heterocycles. The highest BCUT2D eigenvalue weighted by Gasteiger charge is 2.41. The molecule has 1 rings (SSSR count). The molecule has 1 unspecified atom stereocenters. The van der Waals surface area contributed by atoms with Crippen molar-refractivity contribution in [1.82, 2.24) is 0 Å². The molecule has 0 N–H and O–H groups in total. The van der Waals surface area contributed by atoms with Crippen LogP contribution in [0.2, 0.25) is 5.82 Å². The molecule has 6 heteroatoms. The lowest BCUT2D eigenvalue weighted by atomic mass is 9.63. The molecule has 88 valence electrons. The normalized spacial score (nSPS) is 20.3. The second kappa shape index (κ2) is 4.90. The van der Waals surface area contributed by atoms with Gasteiger partial charge in [-0.1, -0.05) is 37.4 Å². The van der Waals surface area contributed by atoms with Crippen LogP contribution in [-0.2, 0) is 9.53 Å². The lowest BCUT2D eigenvalue weighted by Crippen LogP contribution is -2.31. The third-order valence-electron chi connectivity index (χ3n) is 3.12. The van der Waals surface area contributed by atoms with Gasteiger partial charge in [-0.25, -0.2) is 0 Å². The fraction of sp³-hybridized carbons (Fsp3) is 0.889. The van der Waals surface area contributed by atoms with Gasteiger partial charge in [-0.05, 0) is 0 Å². The summed E-state index contributed by atoms with van der Waals surface area (Å²) in [4.78, 5) is 10.9. The quantitative estimate of drug-likeness (QED) is 0.540. The van der Waals surface area contributed by atoms with E-state index in [2.05, 4.69) is 4.74 Å². The zero-order chi connectivity index (χ0) is 11.5. The van der Waals surface area contributed by atoms with Crippen molar-refractivity contribution in [2.45, 2.75) is 37.9 Å². The summed E-state index contributed by atoms with van der Waals surface area (Å²) in [6, 6.07) is 0. The zero-order valence-electron chi connectivity index (χ0n) is 8.72. The fourth-order valence-corrected chi connectivity index (χ4v) is 2.27. The molecule has 0 heterocycles. The summed E-state index contributed by atoms with van der Waals surface area (Å²) < 4.78 is 42.5. The molecule has 0 aromatic carbocycles. The molecule has 0 aromatic rings. The summed E-state index contributed by atoms with van der Waals surface area (Å²) in [5.41, 5.74) is 0. The average Bonchev–Trinajstić information content (AvgIpc) is 2.64. The summed E-state index contributed by atoms with van der Waals surface area (Å²) >= 11 is 0. The van der Waals surface area contributed by atoms with Crippen molar-refractivity contribution in [2.24, 2.45) is 5.92 Å². The summed E-state index contributed by atoms with van der Waals surface area (Å²) in [6.07, 6.45) is 2.35. The van der Waals surface area contributed by atoms with Crippen LogP contribution >= 0.6 is 0 Å². The Hall–Kier alpha value is -0.675. The summed E-state index contributed by atoms with van der Waals surface area (Å²) in [7, 11) is 1.12. The molecule has 0 aromatic heterocycles. The van der Waals surface area contributed by atoms with Crippen LogP contribution < -0.4 is 0 Å². The van der Waals surface area contributed by atoms with Gasteiger partial charge < -0.3 is 17.7 Å². The number of halogens is 3. The van der Waals surface area contributed by atoms with Crippen molar-refractivity contribution < 1.29 is 22.5 Å². The molecular formula is C9H15BF3O2-. The molecule has 1 aliphatic carbocycles. The molecule has 1 atom stereocenters.